The maximum absolute atomic E-state index is 14.6. The third-order valence-electron chi connectivity index (χ3n) is 10.2. The molecule has 0 bridgehead atoms. The van der Waals surface area contributed by atoms with Gasteiger partial charge in [-0.3, -0.25) is 14.4 Å². The van der Waals surface area contributed by atoms with Crippen LogP contribution in [0.25, 0.3) is 22.0 Å². The highest BCUT2D eigenvalue weighted by Crippen LogP contribution is 2.38. The number of fused-ring (bicyclic) bond motifs is 3. The highest BCUT2D eigenvalue weighted by Gasteiger charge is 2.34. The van der Waals surface area contributed by atoms with Crippen molar-refractivity contribution in [1.29, 1.82) is 0 Å². The molecule has 9 N–H and O–H groups in total. The van der Waals surface area contributed by atoms with Crippen LogP contribution in [0.5, 0.6) is 0 Å². The number of likely N-dealkylation sites (N-methyl/N-ethyl adjacent to an activating group) is 1. The molecule has 1 aliphatic heterocycles. The zero-order valence-electron chi connectivity index (χ0n) is 31.8. The fourth-order valence-electron chi connectivity index (χ4n) is 7.08. The van der Waals surface area contributed by atoms with Gasteiger partial charge in [0, 0.05) is 72.7 Å². The van der Waals surface area contributed by atoms with Crippen LogP contribution in [-0.2, 0) is 33.9 Å². The predicted octanol–water partition coefficient (Wildman–Crippen LogP) is 3.28. The van der Waals surface area contributed by atoms with Gasteiger partial charge in [-0.15, -0.1) is 0 Å². The van der Waals surface area contributed by atoms with Gasteiger partial charge in [0.25, 0.3) is 0 Å². The Balaban J connectivity index is 1.47. The number of benzene rings is 2. The lowest BCUT2D eigenvalue weighted by molar-refractivity contribution is -0.142. The van der Waals surface area contributed by atoms with Crippen LogP contribution in [0.3, 0.4) is 0 Å². The Morgan fingerprint density at radius 2 is 1.66 bits per heavy atom. The first-order chi connectivity index (χ1) is 27.2. The van der Waals surface area contributed by atoms with E-state index in [0.29, 0.717) is 57.3 Å². The number of rotatable bonds is 10. The molecule has 0 spiro atoms. The molecular weight excluding hydrogens is 729 g/mol. The standard InChI is InChI=1S/C41H50N10O4S/c1-25-14-15-29(28-22-48-41(55)49-23-28)31-24-47-38(53)35(19-27-21-45-32-11-4-3-10-30(27)32)51(2)40(54)34(12-5-6-16-42)50-37(52)33(13-7-17-43)46-20-26-9-8-18-44-39(26)56-36(25)31/h3-4,8-11,14-15,18,21-23,33-35,45-46H,5-7,12-13,16-17,19-20,24,42-43H2,1-2H3,(H,47,53)(H,50,52)(H,48,49,55)/t33-,34-,35-/m0/s1. The molecule has 3 aromatic heterocycles. The minimum Gasteiger partial charge on any atom is -0.361 e. The number of hydrogen-bond donors (Lipinski definition) is 7. The molecule has 1 aliphatic rings. The van der Waals surface area contributed by atoms with Gasteiger partial charge < -0.3 is 42.3 Å². The lowest BCUT2D eigenvalue weighted by Gasteiger charge is -2.32. The molecule has 56 heavy (non-hydrogen) atoms. The summed E-state index contributed by atoms with van der Waals surface area (Å²) in [5.74, 6) is -1.07. The fourth-order valence-corrected chi connectivity index (χ4v) is 8.19. The largest absolute Gasteiger partial charge is 0.361 e. The number of hydrogen-bond acceptors (Lipinski definition) is 10. The number of carbonyl (C=O) groups excluding carboxylic acids is 3. The summed E-state index contributed by atoms with van der Waals surface area (Å²) in [5.41, 5.74) is 17.1. The van der Waals surface area contributed by atoms with Crippen LogP contribution in [0.2, 0.25) is 0 Å². The van der Waals surface area contributed by atoms with E-state index in [1.165, 1.54) is 22.9 Å². The Morgan fingerprint density at radius 1 is 0.857 bits per heavy atom. The van der Waals surface area contributed by atoms with E-state index in [-0.39, 0.29) is 30.7 Å². The molecule has 15 heteroatoms. The Hall–Kier alpha value is -5.35. The van der Waals surface area contributed by atoms with Crippen molar-refractivity contribution in [3.8, 4) is 11.1 Å². The van der Waals surface area contributed by atoms with Gasteiger partial charge in [-0.2, -0.15) is 0 Å². The summed E-state index contributed by atoms with van der Waals surface area (Å²) in [4.78, 5) is 72.3. The number of nitrogens with two attached hydrogens (primary N) is 2. The summed E-state index contributed by atoms with van der Waals surface area (Å²) in [6.07, 6.45) is 9.60. The summed E-state index contributed by atoms with van der Waals surface area (Å²) >= 11 is 1.46. The molecule has 0 saturated carbocycles. The number of nitrogens with zero attached hydrogens (tertiary/aromatic N) is 3. The van der Waals surface area contributed by atoms with Crippen molar-refractivity contribution in [3.63, 3.8) is 0 Å². The average Bonchev–Trinajstić information content (AvgIpc) is 3.62. The molecule has 0 radical (unpaired) electrons. The maximum atomic E-state index is 14.6. The number of amides is 3. The second-order valence-electron chi connectivity index (χ2n) is 14.1. The number of aromatic nitrogens is 4. The fraction of sp³-hybridized carbons (Fsp3) is 0.366. The second kappa shape index (κ2) is 19.0. The quantitative estimate of drug-likeness (QED) is 0.103. The van der Waals surface area contributed by atoms with E-state index < -0.39 is 23.8 Å². The molecule has 0 saturated heterocycles. The number of aromatic amines is 2. The van der Waals surface area contributed by atoms with E-state index in [1.54, 1.807) is 19.4 Å². The summed E-state index contributed by atoms with van der Waals surface area (Å²) < 4.78 is 0. The highest BCUT2D eigenvalue weighted by atomic mass is 32.2. The van der Waals surface area contributed by atoms with Crippen LogP contribution in [0.1, 0.15) is 54.4 Å². The Bertz CT molecular complexity index is 2200. The van der Waals surface area contributed by atoms with Crippen molar-refractivity contribution >= 4 is 40.4 Å². The van der Waals surface area contributed by atoms with Crippen molar-refractivity contribution < 1.29 is 14.4 Å². The maximum Gasteiger partial charge on any atom is 0.344 e. The van der Waals surface area contributed by atoms with Crippen LogP contribution in [0, 0.1) is 6.92 Å². The Morgan fingerprint density at radius 3 is 2.45 bits per heavy atom. The summed E-state index contributed by atoms with van der Waals surface area (Å²) in [5, 5.41) is 11.3. The molecule has 0 unspecified atom stereocenters. The van der Waals surface area contributed by atoms with Gasteiger partial charge in [0.05, 0.1) is 6.04 Å². The van der Waals surface area contributed by atoms with Crippen LogP contribution < -0.4 is 33.1 Å². The van der Waals surface area contributed by atoms with Gasteiger partial charge in [0.1, 0.15) is 17.1 Å². The normalized spacial score (nSPS) is 18.5. The first kappa shape index (κ1) is 40.3. The first-order valence-corrected chi connectivity index (χ1v) is 19.8. The lowest BCUT2D eigenvalue weighted by atomic mass is 9.98. The van der Waals surface area contributed by atoms with Crippen molar-refractivity contribution in [2.75, 3.05) is 20.1 Å². The number of para-hydroxylation sites is 1. The number of nitrogens with one attached hydrogen (secondary N) is 5. The number of carbonyl (C=O) groups is 3. The van der Waals surface area contributed by atoms with E-state index in [4.69, 9.17) is 16.5 Å². The average molecular weight is 779 g/mol. The molecule has 2 aromatic carbocycles. The molecule has 4 heterocycles. The monoisotopic (exact) mass is 778 g/mol. The summed E-state index contributed by atoms with van der Waals surface area (Å²) in [7, 11) is 1.62. The van der Waals surface area contributed by atoms with Gasteiger partial charge in [-0.1, -0.05) is 48.2 Å². The molecule has 294 valence electrons. The number of pyridine rings is 1. The van der Waals surface area contributed by atoms with Crippen LogP contribution in [-0.4, -0.2) is 80.8 Å². The zero-order valence-corrected chi connectivity index (χ0v) is 32.6. The van der Waals surface area contributed by atoms with E-state index in [2.05, 4.69) is 30.9 Å². The third-order valence-corrected chi connectivity index (χ3v) is 11.6. The molecular formula is C41H50N10O4S. The third kappa shape index (κ3) is 9.53. The van der Waals surface area contributed by atoms with Gasteiger partial charge in [-0.05, 0) is 92.1 Å². The van der Waals surface area contributed by atoms with Crippen LogP contribution >= 0.6 is 11.8 Å². The number of unbranched alkanes of at least 4 members (excludes halogenated alkanes) is 1. The summed E-state index contributed by atoms with van der Waals surface area (Å²) in [6.45, 7) is 3.26. The molecule has 3 amide bonds. The lowest BCUT2D eigenvalue weighted by Crippen LogP contribution is -2.57. The predicted molar refractivity (Wildman–Crippen MR) is 218 cm³/mol. The van der Waals surface area contributed by atoms with Crippen molar-refractivity contribution in [2.45, 2.75) is 86.6 Å². The Kier molecular flexibility index (Phi) is 13.7. The highest BCUT2D eigenvalue weighted by molar-refractivity contribution is 7.99. The topological polar surface area (TPSA) is 217 Å². The minimum atomic E-state index is -0.945. The molecule has 5 aromatic rings. The van der Waals surface area contributed by atoms with Crippen molar-refractivity contribution in [1.82, 2.24) is 40.8 Å². The van der Waals surface area contributed by atoms with Gasteiger partial charge in [0.15, 0.2) is 0 Å². The van der Waals surface area contributed by atoms with E-state index in [1.807, 2.05) is 61.7 Å². The molecule has 6 rings (SSSR count). The van der Waals surface area contributed by atoms with E-state index in [9.17, 15) is 19.2 Å². The molecule has 3 atom stereocenters. The van der Waals surface area contributed by atoms with Crippen molar-refractivity contribution in [3.05, 3.63) is 106 Å². The molecule has 0 aliphatic carbocycles. The molecule has 0 fully saturated rings. The SMILES string of the molecule is Cc1ccc(-c2cnc(=O)[nH]c2)c2c1Sc1ncccc1CN[C@@H](CCCN)C(=O)N[C@@H](CCCCN)C(=O)N(C)[C@@H](Cc1c[nH]c3ccccc13)C(=O)NC2. The Labute approximate surface area is 330 Å². The van der Waals surface area contributed by atoms with Gasteiger partial charge >= 0.3 is 5.69 Å². The zero-order chi connectivity index (χ0) is 39.6. The van der Waals surface area contributed by atoms with Crippen LogP contribution in [0.4, 0.5) is 0 Å². The minimum absolute atomic E-state index is 0.0992. The van der Waals surface area contributed by atoms with E-state index in [0.717, 1.165) is 48.6 Å². The number of H-pyrrole nitrogens is 2. The van der Waals surface area contributed by atoms with E-state index >= 15 is 0 Å². The summed E-state index contributed by atoms with van der Waals surface area (Å²) in [6, 6.07) is 13.1. The smallest absolute Gasteiger partial charge is 0.344 e. The van der Waals surface area contributed by atoms with Crippen molar-refractivity contribution in [2.24, 2.45) is 11.5 Å². The van der Waals surface area contributed by atoms with Gasteiger partial charge in [-0.25, -0.2) is 14.8 Å². The van der Waals surface area contributed by atoms with Crippen LogP contribution in [0.15, 0.2) is 88.0 Å². The second-order valence-corrected chi connectivity index (χ2v) is 15.1. The number of aryl methyl sites for hydroxylation is 1. The first-order valence-electron chi connectivity index (χ1n) is 19.0. The van der Waals surface area contributed by atoms with Gasteiger partial charge in [0.2, 0.25) is 17.7 Å². The molecule has 14 nitrogen and oxygen atoms in total.